The number of hydrogen-bond donors (Lipinski definition) is 1. The van der Waals surface area contributed by atoms with E-state index in [2.05, 4.69) is 19.2 Å². The van der Waals surface area contributed by atoms with Gasteiger partial charge in [0.1, 0.15) is 6.04 Å². The molecule has 1 rings (SSSR count). The van der Waals surface area contributed by atoms with Crippen LogP contribution in [0.25, 0.3) is 0 Å². The fourth-order valence-electron chi connectivity index (χ4n) is 2.64. The molecule has 0 radical (unpaired) electrons. The van der Waals surface area contributed by atoms with Crippen molar-refractivity contribution in [3.63, 3.8) is 0 Å². The molecule has 5 nitrogen and oxygen atoms in total. The van der Waals surface area contributed by atoms with Crippen LogP contribution in [0.4, 0.5) is 0 Å². The quantitative estimate of drug-likeness (QED) is 0.779. The third-order valence-corrected chi connectivity index (χ3v) is 5.03. The van der Waals surface area contributed by atoms with Crippen LogP contribution in [-0.2, 0) is 14.8 Å². The maximum atomic E-state index is 12.2. The van der Waals surface area contributed by atoms with Crippen molar-refractivity contribution in [3.05, 3.63) is 0 Å². The summed E-state index contributed by atoms with van der Waals surface area (Å²) in [6.07, 6.45) is 5.73. The highest BCUT2D eigenvalue weighted by Gasteiger charge is 2.36. The molecular weight excluding hydrogens is 276 g/mol. The van der Waals surface area contributed by atoms with Crippen molar-refractivity contribution >= 4 is 15.9 Å². The Labute approximate surface area is 123 Å². The molecular formula is C14H28N2O3S. The van der Waals surface area contributed by atoms with E-state index in [0.717, 1.165) is 25.7 Å². The Morgan fingerprint density at radius 3 is 2.50 bits per heavy atom. The molecule has 1 heterocycles. The van der Waals surface area contributed by atoms with Crippen molar-refractivity contribution in [2.45, 2.75) is 65.0 Å². The van der Waals surface area contributed by atoms with Crippen LogP contribution in [0.2, 0.25) is 0 Å². The van der Waals surface area contributed by atoms with Crippen molar-refractivity contribution in [3.8, 4) is 0 Å². The largest absolute Gasteiger partial charge is 0.352 e. The molecule has 0 saturated carbocycles. The minimum atomic E-state index is -3.29. The second-order valence-corrected chi connectivity index (χ2v) is 8.20. The second-order valence-electron chi connectivity index (χ2n) is 6.27. The maximum absolute atomic E-state index is 12.2. The molecule has 0 aromatic carbocycles. The summed E-state index contributed by atoms with van der Waals surface area (Å²) >= 11 is 0. The Balaban J connectivity index is 2.45. The highest BCUT2D eigenvalue weighted by Crippen LogP contribution is 2.20. The van der Waals surface area contributed by atoms with E-state index in [1.807, 2.05) is 6.92 Å². The average molecular weight is 304 g/mol. The summed E-state index contributed by atoms with van der Waals surface area (Å²) in [6.45, 7) is 6.81. The average Bonchev–Trinajstić information content (AvgIpc) is 2.76. The minimum absolute atomic E-state index is 0.100. The summed E-state index contributed by atoms with van der Waals surface area (Å²) < 4.78 is 24.6. The number of amides is 1. The first-order valence-electron chi connectivity index (χ1n) is 7.49. The molecule has 1 fully saturated rings. The zero-order valence-corrected chi connectivity index (χ0v) is 13.9. The molecule has 0 aromatic heterocycles. The van der Waals surface area contributed by atoms with Crippen LogP contribution in [0.1, 0.15) is 52.9 Å². The van der Waals surface area contributed by atoms with Crippen LogP contribution in [0.15, 0.2) is 0 Å². The van der Waals surface area contributed by atoms with Gasteiger partial charge in [-0.3, -0.25) is 4.79 Å². The second kappa shape index (κ2) is 7.41. The summed E-state index contributed by atoms with van der Waals surface area (Å²) in [6, 6.07) is -0.416. The summed E-state index contributed by atoms with van der Waals surface area (Å²) in [5.41, 5.74) is 0. The number of sulfonamides is 1. The Hall–Kier alpha value is -0.620. The van der Waals surface area contributed by atoms with Gasteiger partial charge in [-0.25, -0.2) is 8.42 Å². The van der Waals surface area contributed by atoms with E-state index >= 15 is 0 Å². The van der Waals surface area contributed by atoms with Crippen LogP contribution < -0.4 is 5.32 Å². The third-order valence-electron chi connectivity index (χ3n) is 3.74. The van der Waals surface area contributed by atoms with Gasteiger partial charge in [0.2, 0.25) is 15.9 Å². The Bertz CT molecular complexity index is 420. The number of nitrogens with one attached hydrogen (secondary N) is 1. The molecule has 0 aromatic rings. The first kappa shape index (κ1) is 17.4. The number of hydrogen-bond acceptors (Lipinski definition) is 3. The lowest BCUT2D eigenvalue weighted by Gasteiger charge is -2.23. The molecule has 0 spiro atoms. The first-order chi connectivity index (χ1) is 9.21. The lowest BCUT2D eigenvalue weighted by atomic mass is 10.0. The molecule has 1 amide bonds. The number of carbonyl (C=O) groups excluding carboxylic acids is 1. The highest BCUT2D eigenvalue weighted by atomic mass is 32.2. The van der Waals surface area contributed by atoms with Crippen molar-refractivity contribution in [1.29, 1.82) is 0 Å². The molecule has 1 aliphatic rings. The molecule has 1 aliphatic heterocycles. The first-order valence-corrected chi connectivity index (χ1v) is 9.34. The van der Waals surface area contributed by atoms with Gasteiger partial charge in [0.15, 0.2) is 0 Å². The summed E-state index contributed by atoms with van der Waals surface area (Å²) in [7, 11) is -3.29. The van der Waals surface area contributed by atoms with Crippen molar-refractivity contribution in [2.24, 2.45) is 5.92 Å². The molecule has 1 saturated heterocycles. The van der Waals surface area contributed by atoms with Crippen molar-refractivity contribution < 1.29 is 13.2 Å². The fourth-order valence-corrected chi connectivity index (χ4v) is 3.77. The lowest BCUT2D eigenvalue weighted by Crippen LogP contribution is -2.47. The monoisotopic (exact) mass is 304 g/mol. The van der Waals surface area contributed by atoms with E-state index < -0.39 is 16.1 Å². The predicted octanol–water partition coefficient (Wildman–Crippen LogP) is 1.74. The molecule has 0 aliphatic carbocycles. The molecule has 1 N–H and O–H groups in total. The SMILES string of the molecule is CC(C)CCCC(C)NC(=O)C1CCCN1S(C)(=O)=O. The maximum Gasteiger partial charge on any atom is 0.238 e. The standard InChI is InChI=1S/C14H28N2O3S/c1-11(2)7-5-8-12(3)15-14(17)13-9-6-10-16(13)20(4,18)19/h11-13H,5-10H2,1-4H3,(H,15,17). The van der Waals surface area contributed by atoms with Crippen LogP contribution in [0.5, 0.6) is 0 Å². The zero-order chi connectivity index (χ0) is 15.3. The third kappa shape index (κ3) is 5.40. The van der Waals surface area contributed by atoms with Gasteiger partial charge in [-0.1, -0.05) is 26.7 Å². The number of nitrogens with zero attached hydrogens (tertiary/aromatic N) is 1. The topological polar surface area (TPSA) is 66.5 Å². The molecule has 118 valence electrons. The summed E-state index contributed by atoms with van der Waals surface area (Å²) in [5.74, 6) is 0.526. The Morgan fingerprint density at radius 1 is 1.30 bits per heavy atom. The molecule has 2 unspecified atom stereocenters. The molecule has 6 heteroatoms. The van der Waals surface area contributed by atoms with Gasteiger partial charge in [-0.2, -0.15) is 4.31 Å². The van der Waals surface area contributed by atoms with Crippen LogP contribution in [0.3, 0.4) is 0 Å². The van der Waals surface area contributed by atoms with Gasteiger partial charge in [-0.15, -0.1) is 0 Å². The summed E-state index contributed by atoms with van der Waals surface area (Å²) in [4.78, 5) is 12.2. The highest BCUT2D eigenvalue weighted by molar-refractivity contribution is 7.88. The fraction of sp³-hybridized carbons (Fsp3) is 0.929. The van der Waals surface area contributed by atoms with E-state index in [1.54, 1.807) is 0 Å². The number of carbonyl (C=O) groups is 1. The van der Waals surface area contributed by atoms with Gasteiger partial charge < -0.3 is 5.32 Å². The van der Waals surface area contributed by atoms with Gasteiger partial charge in [0, 0.05) is 12.6 Å². The van der Waals surface area contributed by atoms with E-state index in [9.17, 15) is 13.2 Å². The van der Waals surface area contributed by atoms with Crippen LogP contribution in [-0.4, -0.2) is 43.5 Å². The van der Waals surface area contributed by atoms with Crippen LogP contribution >= 0.6 is 0 Å². The van der Waals surface area contributed by atoms with Gasteiger partial charge in [0.25, 0.3) is 0 Å². The van der Waals surface area contributed by atoms with E-state index in [0.29, 0.717) is 18.9 Å². The van der Waals surface area contributed by atoms with Crippen molar-refractivity contribution in [1.82, 2.24) is 9.62 Å². The lowest BCUT2D eigenvalue weighted by molar-refractivity contribution is -0.124. The summed E-state index contributed by atoms with van der Waals surface area (Å²) in [5, 5.41) is 2.95. The van der Waals surface area contributed by atoms with Crippen molar-refractivity contribution in [2.75, 3.05) is 12.8 Å². The van der Waals surface area contributed by atoms with Crippen LogP contribution in [0, 0.1) is 5.92 Å². The molecule has 2 atom stereocenters. The zero-order valence-electron chi connectivity index (χ0n) is 13.1. The van der Waals surface area contributed by atoms with E-state index in [4.69, 9.17) is 0 Å². The number of rotatable bonds is 7. The molecule has 0 bridgehead atoms. The Morgan fingerprint density at radius 2 is 1.95 bits per heavy atom. The molecule has 20 heavy (non-hydrogen) atoms. The normalized spacial score (nSPS) is 22.1. The van der Waals surface area contributed by atoms with Gasteiger partial charge >= 0.3 is 0 Å². The van der Waals surface area contributed by atoms with Gasteiger partial charge in [-0.05, 0) is 32.1 Å². The van der Waals surface area contributed by atoms with E-state index in [-0.39, 0.29) is 11.9 Å². The smallest absolute Gasteiger partial charge is 0.238 e. The van der Waals surface area contributed by atoms with E-state index in [1.165, 1.54) is 10.6 Å². The minimum Gasteiger partial charge on any atom is -0.352 e. The van der Waals surface area contributed by atoms with Gasteiger partial charge in [0.05, 0.1) is 6.26 Å². The Kier molecular flexibility index (Phi) is 6.45. The predicted molar refractivity (Wildman–Crippen MR) is 80.9 cm³/mol.